The highest BCUT2D eigenvalue weighted by atomic mass is 32.1. The van der Waals surface area contributed by atoms with Crippen LogP contribution >= 0.6 is 11.3 Å². The van der Waals surface area contributed by atoms with Crippen molar-refractivity contribution in [2.45, 2.75) is 13.8 Å². The molecule has 0 amide bonds. The van der Waals surface area contributed by atoms with Crippen molar-refractivity contribution in [1.29, 1.82) is 0 Å². The van der Waals surface area contributed by atoms with E-state index < -0.39 is 0 Å². The van der Waals surface area contributed by atoms with E-state index in [9.17, 15) is 0 Å². The number of benzene rings is 1. The molecule has 4 aromatic rings. The summed E-state index contributed by atoms with van der Waals surface area (Å²) >= 11 is 1.67. The fourth-order valence-electron chi connectivity index (χ4n) is 3.78. The third-order valence-electron chi connectivity index (χ3n) is 5.16. The van der Waals surface area contributed by atoms with Crippen LogP contribution in [0, 0.1) is 13.8 Å². The quantitative estimate of drug-likeness (QED) is 0.514. The van der Waals surface area contributed by atoms with Crippen molar-refractivity contribution in [3.05, 3.63) is 59.2 Å². The van der Waals surface area contributed by atoms with E-state index in [0.717, 1.165) is 70.9 Å². The van der Waals surface area contributed by atoms with Gasteiger partial charge in [0.25, 0.3) is 0 Å². The molecular formula is C22H22N6S. The van der Waals surface area contributed by atoms with E-state index in [2.05, 4.69) is 49.4 Å². The molecule has 0 spiro atoms. The van der Waals surface area contributed by atoms with Gasteiger partial charge >= 0.3 is 0 Å². The first-order chi connectivity index (χ1) is 14.2. The van der Waals surface area contributed by atoms with Crippen molar-refractivity contribution in [1.82, 2.24) is 19.9 Å². The van der Waals surface area contributed by atoms with Crippen molar-refractivity contribution in [2.24, 2.45) is 0 Å². The van der Waals surface area contributed by atoms with Gasteiger partial charge in [-0.05, 0) is 43.5 Å². The summed E-state index contributed by atoms with van der Waals surface area (Å²) < 4.78 is 0. The van der Waals surface area contributed by atoms with Crippen molar-refractivity contribution in [2.75, 3.05) is 36.0 Å². The Bertz CT molecular complexity index is 1130. The van der Waals surface area contributed by atoms with Gasteiger partial charge in [-0.3, -0.25) is 0 Å². The summed E-state index contributed by atoms with van der Waals surface area (Å²) in [5, 5.41) is 3.17. The van der Waals surface area contributed by atoms with Crippen LogP contribution in [0.4, 0.5) is 11.8 Å². The Kier molecular flexibility index (Phi) is 4.60. The smallest absolute Gasteiger partial charge is 0.225 e. The number of para-hydroxylation sites is 1. The zero-order chi connectivity index (χ0) is 19.8. The molecule has 0 aliphatic carbocycles. The summed E-state index contributed by atoms with van der Waals surface area (Å²) in [5.41, 5.74) is 3.01. The molecule has 4 heterocycles. The lowest BCUT2D eigenvalue weighted by Crippen LogP contribution is -2.47. The maximum Gasteiger partial charge on any atom is 0.225 e. The van der Waals surface area contributed by atoms with Crippen LogP contribution in [-0.4, -0.2) is 46.1 Å². The van der Waals surface area contributed by atoms with Crippen molar-refractivity contribution in [3.8, 4) is 10.7 Å². The van der Waals surface area contributed by atoms with Gasteiger partial charge in [0.2, 0.25) is 5.95 Å². The minimum Gasteiger partial charge on any atom is -0.352 e. The normalized spacial score (nSPS) is 14.6. The molecule has 0 N–H and O–H groups in total. The summed E-state index contributed by atoms with van der Waals surface area (Å²) in [4.78, 5) is 24.7. The van der Waals surface area contributed by atoms with Crippen LogP contribution in [0.2, 0.25) is 0 Å². The van der Waals surface area contributed by atoms with Gasteiger partial charge in [-0.1, -0.05) is 18.2 Å². The fourth-order valence-corrected chi connectivity index (χ4v) is 4.44. The Morgan fingerprint density at radius 1 is 0.793 bits per heavy atom. The molecule has 6 nitrogen and oxygen atoms in total. The highest BCUT2D eigenvalue weighted by molar-refractivity contribution is 7.13. The predicted molar refractivity (Wildman–Crippen MR) is 119 cm³/mol. The van der Waals surface area contributed by atoms with Crippen LogP contribution in [-0.2, 0) is 0 Å². The molecule has 29 heavy (non-hydrogen) atoms. The van der Waals surface area contributed by atoms with Gasteiger partial charge in [-0.15, -0.1) is 11.3 Å². The fraction of sp³-hybridized carbons (Fsp3) is 0.273. The average Bonchev–Trinajstić information content (AvgIpc) is 3.27. The Hall–Kier alpha value is -3.06. The number of nitrogens with zero attached hydrogens (tertiary/aromatic N) is 6. The van der Waals surface area contributed by atoms with E-state index in [1.54, 1.807) is 11.3 Å². The van der Waals surface area contributed by atoms with Crippen LogP contribution in [0.5, 0.6) is 0 Å². The zero-order valence-corrected chi connectivity index (χ0v) is 17.4. The van der Waals surface area contributed by atoms with Crippen LogP contribution in [0.15, 0.2) is 47.8 Å². The number of hydrogen-bond donors (Lipinski definition) is 0. The SMILES string of the molecule is Cc1cc(C)nc(N2CCN(c3nc(-c4cccs4)nc4ccccc34)CC2)n1. The Morgan fingerprint density at radius 2 is 1.52 bits per heavy atom. The van der Waals surface area contributed by atoms with Crippen LogP contribution in [0.1, 0.15) is 11.4 Å². The molecule has 1 fully saturated rings. The Labute approximate surface area is 173 Å². The maximum atomic E-state index is 4.97. The number of hydrogen-bond acceptors (Lipinski definition) is 7. The summed E-state index contributed by atoms with van der Waals surface area (Å²) in [7, 11) is 0. The summed E-state index contributed by atoms with van der Waals surface area (Å²) in [6, 6.07) is 14.4. The first-order valence-electron chi connectivity index (χ1n) is 9.80. The Balaban J connectivity index is 1.46. The monoisotopic (exact) mass is 402 g/mol. The number of anilines is 2. The topological polar surface area (TPSA) is 58.0 Å². The van der Waals surface area contributed by atoms with Crippen molar-refractivity contribution in [3.63, 3.8) is 0 Å². The number of thiophene rings is 1. The van der Waals surface area contributed by atoms with Gasteiger partial charge in [-0.2, -0.15) is 0 Å². The third-order valence-corrected chi connectivity index (χ3v) is 6.02. The van der Waals surface area contributed by atoms with E-state index in [1.165, 1.54) is 0 Å². The lowest BCUT2D eigenvalue weighted by atomic mass is 10.2. The Morgan fingerprint density at radius 3 is 2.24 bits per heavy atom. The van der Waals surface area contributed by atoms with Gasteiger partial charge in [-0.25, -0.2) is 19.9 Å². The highest BCUT2D eigenvalue weighted by Gasteiger charge is 2.23. The van der Waals surface area contributed by atoms with E-state index in [1.807, 2.05) is 32.0 Å². The average molecular weight is 403 g/mol. The second-order valence-corrected chi connectivity index (χ2v) is 8.24. The van der Waals surface area contributed by atoms with Gasteiger partial charge < -0.3 is 9.80 Å². The molecule has 7 heteroatoms. The van der Waals surface area contributed by atoms with E-state index in [4.69, 9.17) is 9.97 Å². The molecular weight excluding hydrogens is 380 g/mol. The van der Waals surface area contributed by atoms with Crippen LogP contribution in [0.25, 0.3) is 21.6 Å². The first-order valence-corrected chi connectivity index (χ1v) is 10.7. The lowest BCUT2D eigenvalue weighted by molar-refractivity contribution is 0.634. The maximum absolute atomic E-state index is 4.97. The number of piperazine rings is 1. The predicted octanol–water partition coefficient (Wildman–Crippen LogP) is 4.09. The van der Waals surface area contributed by atoms with E-state index in [-0.39, 0.29) is 0 Å². The van der Waals surface area contributed by atoms with Crippen LogP contribution < -0.4 is 9.80 Å². The summed E-state index contributed by atoms with van der Waals surface area (Å²) in [6.45, 7) is 7.54. The molecule has 3 aromatic heterocycles. The highest BCUT2D eigenvalue weighted by Crippen LogP contribution is 2.30. The number of aromatic nitrogens is 4. The molecule has 1 aliphatic rings. The molecule has 1 aromatic carbocycles. The van der Waals surface area contributed by atoms with E-state index in [0.29, 0.717) is 0 Å². The molecule has 1 saturated heterocycles. The zero-order valence-electron chi connectivity index (χ0n) is 16.5. The van der Waals surface area contributed by atoms with Crippen molar-refractivity contribution < 1.29 is 0 Å². The molecule has 0 bridgehead atoms. The molecule has 0 saturated carbocycles. The largest absolute Gasteiger partial charge is 0.352 e. The molecule has 146 valence electrons. The minimum atomic E-state index is 0.800. The van der Waals surface area contributed by atoms with Gasteiger partial charge in [0.15, 0.2) is 5.82 Å². The van der Waals surface area contributed by atoms with Crippen LogP contribution in [0.3, 0.4) is 0 Å². The third kappa shape index (κ3) is 3.53. The molecule has 1 aliphatic heterocycles. The van der Waals surface area contributed by atoms with E-state index >= 15 is 0 Å². The summed E-state index contributed by atoms with van der Waals surface area (Å²) in [5.74, 6) is 2.64. The van der Waals surface area contributed by atoms with Gasteiger partial charge in [0.1, 0.15) is 5.82 Å². The van der Waals surface area contributed by atoms with Gasteiger partial charge in [0, 0.05) is 43.0 Å². The second kappa shape index (κ2) is 7.40. The summed E-state index contributed by atoms with van der Waals surface area (Å²) in [6.07, 6.45) is 0. The minimum absolute atomic E-state index is 0.800. The standard InChI is InChI=1S/C22H22N6S/c1-15-14-16(2)24-22(23-15)28-11-9-27(10-12-28)21-17-6-3-4-7-18(17)25-20(26-21)19-8-5-13-29-19/h3-8,13-14H,9-12H2,1-2H3. The first kappa shape index (κ1) is 18.0. The van der Waals surface area contributed by atoms with Gasteiger partial charge in [0.05, 0.1) is 10.4 Å². The lowest BCUT2D eigenvalue weighted by Gasteiger charge is -2.36. The second-order valence-electron chi connectivity index (χ2n) is 7.29. The number of aryl methyl sites for hydroxylation is 2. The molecule has 0 atom stereocenters. The number of rotatable bonds is 3. The molecule has 0 radical (unpaired) electrons. The molecule has 0 unspecified atom stereocenters. The van der Waals surface area contributed by atoms with Crippen molar-refractivity contribution >= 4 is 34.0 Å². The molecule has 5 rings (SSSR count). The number of fused-ring (bicyclic) bond motifs is 1.